The van der Waals surface area contributed by atoms with Crippen molar-refractivity contribution in [3.63, 3.8) is 0 Å². The number of carbonyl (C=O) groups excluding carboxylic acids is 2. The Bertz CT molecular complexity index is 861. The van der Waals surface area contributed by atoms with Crippen LogP contribution in [0.3, 0.4) is 0 Å². The maximum atomic E-state index is 12.5. The van der Waals surface area contributed by atoms with Crippen molar-refractivity contribution in [3.05, 3.63) is 29.2 Å². The number of carbonyl (C=O) groups is 2. The summed E-state index contributed by atoms with van der Waals surface area (Å²) in [5.41, 5.74) is 7.20. The van der Waals surface area contributed by atoms with Crippen LogP contribution >= 0.6 is 0 Å². The van der Waals surface area contributed by atoms with Crippen molar-refractivity contribution in [2.75, 3.05) is 12.4 Å². The van der Waals surface area contributed by atoms with Gasteiger partial charge in [0, 0.05) is 31.8 Å². The minimum absolute atomic E-state index is 0.185. The molecule has 2 amide bonds. The zero-order valence-corrected chi connectivity index (χ0v) is 17.0. The summed E-state index contributed by atoms with van der Waals surface area (Å²) in [5.74, 6) is 1.00. The average Bonchev–Trinajstić information content (AvgIpc) is 3.35. The molecule has 1 aliphatic rings. The third-order valence-electron chi connectivity index (χ3n) is 5.26. The number of rotatable bonds is 8. The number of nitrogens with two attached hydrogens (primary N) is 1. The van der Waals surface area contributed by atoms with E-state index >= 15 is 0 Å². The Morgan fingerprint density at radius 3 is 2.93 bits per heavy atom. The predicted molar refractivity (Wildman–Crippen MR) is 105 cm³/mol. The van der Waals surface area contributed by atoms with Gasteiger partial charge in [0.1, 0.15) is 11.8 Å². The first-order valence-corrected chi connectivity index (χ1v) is 9.70. The monoisotopic (exact) mass is 404 g/mol. The highest BCUT2D eigenvalue weighted by molar-refractivity contribution is 6.02. The second kappa shape index (κ2) is 9.08. The van der Waals surface area contributed by atoms with E-state index in [0.717, 1.165) is 31.4 Å². The van der Waals surface area contributed by atoms with Crippen LogP contribution in [0.1, 0.15) is 60.4 Å². The van der Waals surface area contributed by atoms with Gasteiger partial charge in [-0.3, -0.25) is 14.6 Å². The normalized spacial score (nSPS) is 19.8. The Morgan fingerprint density at radius 2 is 2.21 bits per heavy atom. The third-order valence-corrected chi connectivity index (χ3v) is 5.26. The van der Waals surface area contributed by atoms with Gasteiger partial charge in [0.2, 0.25) is 0 Å². The van der Waals surface area contributed by atoms with Gasteiger partial charge < -0.3 is 20.5 Å². The van der Waals surface area contributed by atoms with Crippen molar-refractivity contribution in [2.24, 2.45) is 18.7 Å². The standard InChI is InChI=1S/C19H28N6O4/c1-11(29-19(20)27)6-12-4-5-13(7-12)15-9-17(23-22-15)21-18(26)16-8-14(10-28-3)24-25(16)2/h8-9,11-13H,4-7,10H2,1-3H3,(H2,20,27)(H2,21,22,23,26)/t11?,12-,13-/m0/s1. The maximum absolute atomic E-state index is 12.5. The Balaban J connectivity index is 1.56. The molecule has 3 rings (SSSR count). The van der Waals surface area contributed by atoms with E-state index in [1.165, 1.54) is 4.68 Å². The highest BCUT2D eigenvalue weighted by atomic mass is 16.6. The molecule has 0 bridgehead atoms. The number of methoxy groups -OCH3 is 1. The first-order chi connectivity index (χ1) is 13.9. The first kappa shape index (κ1) is 20.8. The van der Waals surface area contributed by atoms with E-state index in [-0.39, 0.29) is 12.0 Å². The number of aryl methyl sites for hydroxylation is 1. The third kappa shape index (κ3) is 5.35. The summed E-state index contributed by atoms with van der Waals surface area (Å²) in [6.07, 6.45) is 2.92. The van der Waals surface area contributed by atoms with Gasteiger partial charge in [-0.05, 0) is 44.6 Å². The molecule has 0 radical (unpaired) electrons. The van der Waals surface area contributed by atoms with Crippen LogP contribution in [0.25, 0.3) is 0 Å². The predicted octanol–water partition coefficient (Wildman–Crippen LogP) is 2.30. The number of amides is 2. The number of primary amides is 1. The van der Waals surface area contributed by atoms with Crippen molar-refractivity contribution < 1.29 is 19.1 Å². The summed E-state index contributed by atoms with van der Waals surface area (Å²) in [6.45, 7) is 2.21. The molecule has 2 aromatic rings. The van der Waals surface area contributed by atoms with Crippen LogP contribution in [0, 0.1) is 5.92 Å². The van der Waals surface area contributed by atoms with Crippen molar-refractivity contribution in [1.29, 1.82) is 0 Å². The number of nitrogens with one attached hydrogen (secondary N) is 2. The minimum atomic E-state index is -0.733. The number of H-pyrrole nitrogens is 1. The highest BCUT2D eigenvalue weighted by Gasteiger charge is 2.29. The summed E-state index contributed by atoms with van der Waals surface area (Å²) >= 11 is 0. The van der Waals surface area contributed by atoms with Crippen molar-refractivity contribution in [1.82, 2.24) is 20.0 Å². The van der Waals surface area contributed by atoms with Gasteiger partial charge >= 0.3 is 6.09 Å². The molecule has 0 saturated heterocycles. The lowest BCUT2D eigenvalue weighted by Gasteiger charge is -2.16. The molecule has 1 fully saturated rings. The lowest BCUT2D eigenvalue weighted by molar-refractivity contribution is 0.100. The van der Waals surface area contributed by atoms with Crippen LogP contribution in [0.2, 0.25) is 0 Å². The fraction of sp³-hybridized carbons (Fsp3) is 0.579. The van der Waals surface area contributed by atoms with E-state index in [1.54, 1.807) is 20.2 Å². The van der Waals surface area contributed by atoms with E-state index in [4.69, 9.17) is 15.2 Å². The summed E-state index contributed by atoms with van der Waals surface area (Å²) < 4.78 is 11.6. The first-order valence-electron chi connectivity index (χ1n) is 9.70. The van der Waals surface area contributed by atoms with Gasteiger partial charge in [0.25, 0.3) is 5.91 Å². The Kier molecular flexibility index (Phi) is 6.53. The number of anilines is 1. The second-order valence-electron chi connectivity index (χ2n) is 7.60. The SMILES string of the molecule is COCc1cc(C(=O)Nc2cc([C@H]3CC[C@@H](CC(C)OC(N)=O)C3)[nH]n2)n(C)n1. The quantitative estimate of drug-likeness (QED) is 0.617. The van der Waals surface area contributed by atoms with E-state index in [0.29, 0.717) is 35.6 Å². The van der Waals surface area contributed by atoms with Crippen LogP contribution in [-0.4, -0.2) is 45.2 Å². The lowest BCUT2D eigenvalue weighted by atomic mass is 9.97. The van der Waals surface area contributed by atoms with E-state index in [2.05, 4.69) is 20.6 Å². The van der Waals surface area contributed by atoms with E-state index in [1.807, 2.05) is 13.0 Å². The molecule has 158 valence electrons. The van der Waals surface area contributed by atoms with Crippen LogP contribution in [0.15, 0.2) is 12.1 Å². The number of aromatic nitrogens is 4. The molecule has 29 heavy (non-hydrogen) atoms. The molecular weight excluding hydrogens is 376 g/mol. The van der Waals surface area contributed by atoms with Crippen molar-refractivity contribution >= 4 is 17.8 Å². The molecular formula is C19H28N6O4. The molecule has 2 heterocycles. The number of nitrogens with zero attached hydrogens (tertiary/aromatic N) is 3. The molecule has 1 aliphatic carbocycles. The fourth-order valence-electron chi connectivity index (χ4n) is 4.04. The summed E-state index contributed by atoms with van der Waals surface area (Å²) in [7, 11) is 3.30. The zero-order chi connectivity index (χ0) is 21.0. The molecule has 2 aromatic heterocycles. The molecule has 0 spiro atoms. The van der Waals surface area contributed by atoms with Crippen LogP contribution in [0.4, 0.5) is 10.6 Å². The number of ether oxygens (including phenoxy) is 2. The zero-order valence-electron chi connectivity index (χ0n) is 17.0. The molecule has 10 nitrogen and oxygen atoms in total. The van der Waals surface area contributed by atoms with Gasteiger partial charge in [-0.1, -0.05) is 0 Å². The van der Waals surface area contributed by atoms with E-state index < -0.39 is 6.09 Å². The number of aromatic amines is 1. The lowest BCUT2D eigenvalue weighted by Crippen LogP contribution is -2.22. The fourth-order valence-corrected chi connectivity index (χ4v) is 4.04. The molecule has 1 unspecified atom stereocenters. The molecule has 1 saturated carbocycles. The van der Waals surface area contributed by atoms with Gasteiger partial charge in [0.15, 0.2) is 5.82 Å². The van der Waals surface area contributed by atoms with Crippen molar-refractivity contribution in [3.8, 4) is 0 Å². The smallest absolute Gasteiger partial charge is 0.404 e. The highest BCUT2D eigenvalue weighted by Crippen LogP contribution is 2.40. The van der Waals surface area contributed by atoms with Gasteiger partial charge in [-0.25, -0.2) is 4.79 Å². The minimum Gasteiger partial charge on any atom is -0.447 e. The van der Waals surface area contributed by atoms with Gasteiger partial charge in [-0.2, -0.15) is 10.2 Å². The Morgan fingerprint density at radius 1 is 1.41 bits per heavy atom. The summed E-state index contributed by atoms with van der Waals surface area (Å²) in [4.78, 5) is 23.4. The van der Waals surface area contributed by atoms with E-state index in [9.17, 15) is 9.59 Å². The largest absolute Gasteiger partial charge is 0.447 e. The average molecular weight is 404 g/mol. The number of hydrogen-bond acceptors (Lipinski definition) is 6. The summed E-state index contributed by atoms with van der Waals surface area (Å²) in [6, 6.07) is 3.57. The molecule has 0 aromatic carbocycles. The van der Waals surface area contributed by atoms with Crippen LogP contribution in [0.5, 0.6) is 0 Å². The summed E-state index contributed by atoms with van der Waals surface area (Å²) in [5, 5.41) is 14.3. The maximum Gasteiger partial charge on any atom is 0.404 e. The Hall–Kier alpha value is -2.88. The van der Waals surface area contributed by atoms with Gasteiger partial charge in [0.05, 0.1) is 12.3 Å². The second-order valence-corrected chi connectivity index (χ2v) is 7.60. The van der Waals surface area contributed by atoms with Crippen LogP contribution in [-0.2, 0) is 23.1 Å². The molecule has 10 heteroatoms. The Labute approximate surface area is 169 Å². The van der Waals surface area contributed by atoms with Crippen LogP contribution < -0.4 is 11.1 Å². The molecule has 3 atom stereocenters. The molecule has 4 N–H and O–H groups in total. The molecule has 0 aliphatic heterocycles. The topological polar surface area (TPSA) is 137 Å². The van der Waals surface area contributed by atoms with Crippen molar-refractivity contribution in [2.45, 2.75) is 51.2 Å². The number of hydrogen-bond donors (Lipinski definition) is 3. The van der Waals surface area contributed by atoms with Gasteiger partial charge in [-0.15, -0.1) is 0 Å².